The predicted octanol–water partition coefficient (Wildman–Crippen LogP) is 5.92. The van der Waals surface area contributed by atoms with Gasteiger partial charge in [0.15, 0.2) is 0 Å². The zero-order chi connectivity index (χ0) is 23.3. The third kappa shape index (κ3) is 6.70. The molecule has 0 saturated heterocycles. The van der Waals surface area contributed by atoms with Crippen molar-refractivity contribution in [2.75, 3.05) is 6.54 Å². The van der Waals surface area contributed by atoms with Gasteiger partial charge in [-0.1, -0.05) is 68.9 Å². The second kappa shape index (κ2) is 11.0. The minimum absolute atomic E-state index is 0.0212. The van der Waals surface area contributed by atoms with Gasteiger partial charge in [-0.2, -0.15) is 4.31 Å². The number of hydrogen-bond donors (Lipinski definition) is 1. The zero-order valence-electron chi connectivity index (χ0n) is 16.6. The summed E-state index contributed by atoms with van der Waals surface area (Å²) in [6.07, 6.45) is 0. The molecule has 0 unspecified atom stereocenters. The molecule has 5 nitrogen and oxygen atoms in total. The number of halogens is 4. The van der Waals surface area contributed by atoms with Gasteiger partial charge in [-0.15, -0.1) is 0 Å². The SMILES string of the molecule is O=C(CN(Cc1ccc(Br)cc1)S(=O)(=O)c1ccc(Cl)cc1)NCc1ccc(Cl)cc1Cl. The van der Waals surface area contributed by atoms with Crippen LogP contribution in [-0.2, 0) is 27.9 Å². The number of rotatable bonds is 8. The van der Waals surface area contributed by atoms with Gasteiger partial charge in [-0.3, -0.25) is 4.79 Å². The van der Waals surface area contributed by atoms with Crippen molar-refractivity contribution in [3.05, 3.63) is 97.4 Å². The third-order valence-corrected chi connectivity index (χ3v) is 7.71. The summed E-state index contributed by atoms with van der Waals surface area (Å²) in [5.41, 5.74) is 1.41. The molecule has 32 heavy (non-hydrogen) atoms. The van der Waals surface area contributed by atoms with E-state index >= 15 is 0 Å². The van der Waals surface area contributed by atoms with Gasteiger partial charge in [0.25, 0.3) is 0 Å². The molecule has 3 aromatic carbocycles. The maximum atomic E-state index is 13.3. The Balaban J connectivity index is 1.80. The minimum Gasteiger partial charge on any atom is -0.351 e. The molecule has 0 saturated carbocycles. The molecule has 3 rings (SSSR count). The van der Waals surface area contributed by atoms with Gasteiger partial charge in [0.05, 0.1) is 11.4 Å². The second-order valence-electron chi connectivity index (χ2n) is 6.87. The molecule has 0 aromatic heterocycles. The molecule has 0 heterocycles. The number of nitrogens with zero attached hydrogens (tertiary/aromatic N) is 1. The van der Waals surface area contributed by atoms with Gasteiger partial charge in [0.2, 0.25) is 15.9 Å². The number of hydrogen-bond acceptors (Lipinski definition) is 3. The first-order valence-corrected chi connectivity index (χ1v) is 12.7. The largest absolute Gasteiger partial charge is 0.351 e. The van der Waals surface area contributed by atoms with Gasteiger partial charge in [0.1, 0.15) is 0 Å². The average Bonchev–Trinajstić information content (AvgIpc) is 2.74. The molecule has 0 spiro atoms. The summed E-state index contributed by atoms with van der Waals surface area (Å²) in [5, 5.41) is 4.03. The van der Waals surface area contributed by atoms with Crippen molar-refractivity contribution in [3.63, 3.8) is 0 Å². The normalized spacial score (nSPS) is 11.5. The standard InChI is InChI=1S/C22H18BrCl3N2O3S/c23-17-4-1-15(2-5-17)13-28(32(30,31)20-9-7-18(24)8-10-20)14-22(29)27-12-16-3-6-19(25)11-21(16)26/h1-11H,12-14H2,(H,27,29). The van der Waals surface area contributed by atoms with Crippen LogP contribution in [-0.4, -0.2) is 25.2 Å². The predicted molar refractivity (Wildman–Crippen MR) is 131 cm³/mol. The van der Waals surface area contributed by atoms with E-state index < -0.39 is 15.9 Å². The molecule has 0 bridgehead atoms. The lowest BCUT2D eigenvalue weighted by atomic mass is 10.2. The van der Waals surface area contributed by atoms with E-state index in [4.69, 9.17) is 34.8 Å². The molecule has 0 atom stereocenters. The molecule has 168 valence electrons. The molecular weight excluding hydrogens is 559 g/mol. The van der Waals surface area contributed by atoms with Crippen LogP contribution in [0.5, 0.6) is 0 Å². The van der Waals surface area contributed by atoms with E-state index in [0.717, 1.165) is 14.3 Å². The summed E-state index contributed by atoms with van der Waals surface area (Å²) in [4.78, 5) is 12.7. The third-order valence-electron chi connectivity index (χ3n) is 4.53. The fraction of sp³-hybridized carbons (Fsp3) is 0.136. The smallest absolute Gasteiger partial charge is 0.243 e. The van der Waals surface area contributed by atoms with Crippen LogP contribution in [0.4, 0.5) is 0 Å². The molecule has 1 amide bonds. The molecule has 3 aromatic rings. The molecule has 0 fully saturated rings. The van der Waals surface area contributed by atoms with E-state index in [2.05, 4.69) is 21.2 Å². The maximum absolute atomic E-state index is 13.3. The maximum Gasteiger partial charge on any atom is 0.243 e. The molecular formula is C22H18BrCl3N2O3S. The molecule has 0 aliphatic heterocycles. The summed E-state index contributed by atoms with van der Waals surface area (Å²) < 4.78 is 28.5. The lowest BCUT2D eigenvalue weighted by Crippen LogP contribution is -2.40. The number of carbonyl (C=O) groups is 1. The quantitative estimate of drug-likeness (QED) is 0.362. The first-order valence-electron chi connectivity index (χ1n) is 9.36. The van der Waals surface area contributed by atoms with Gasteiger partial charge in [0, 0.05) is 32.6 Å². The van der Waals surface area contributed by atoms with E-state index in [1.54, 1.807) is 30.3 Å². The summed E-state index contributed by atoms with van der Waals surface area (Å²) in [6.45, 7) is -0.207. The molecule has 10 heteroatoms. The zero-order valence-corrected chi connectivity index (χ0v) is 21.2. The van der Waals surface area contributed by atoms with Crippen molar-refractivity contribution in [3.8, 4) is 0 Å². The van der Waals surface area contributed by atoms with Crippen molar-refractivity contribution in [1.29, 1.82) is 0 Å². The van der Waals surface area contributed by atoms with Crippen molar-refractivity contribution in [2.45, 2.75) is 18.0 Å². The molecule has 0 aliphatic rings. The van der Waals surface area contributed by atoms with Crippen LogP contribution in [0.3, 0.4) is 0 Å². The van der Waals surface area contributed by atoms with Crippen LogP contribution < -0.4 is 5.32 Å². The van der Waals surface area contributed by atoms with Crippen molar-refractivity contribution >= 4 is 66.7 Å². The van der Waals surface area contributed by atoms with Crippen LogP contribution >= 0.6 is 50.7 Å². The highest BCUT2D eigenvalue weighted by molar-refractivity contribution is 9.10. The molecule has 1 N–H and O–H groups in total. The lowest BCUT2D eigenvalue weighted by molar-refractivity contribution is -0.121. The summed E-state index contributed by atoms with van der Waals surface area (Å²) in [7, 11) is -3.96. The fourth-order valence-corrected chi connectivity index (χ4v) is 5.10. The topological polar surface area (TPSA) is 66.5 Å². The van der Waals surface area contributed by atoms with Gasteiger partial charge < -0.3 is 5.32 Å². The Bertz CT molecular complexity index is 1200. The van der Waals surface area contributed by atoms with Crippen molar-refractivity contribution < 1.29 is 13.2 Å². The Labute approximate surface area is 210 Å². The van der Waals surface area contributed by atoms with E-state index in [-0.39, 0.29) is 24.5 Å². The van der Waals surface area contributed by atoms with Crippen LogP contribution in [0.15, 0.2) is 76.1 Å². The molecule has 0 radical (unpaired) electrons. The Morgan fingerprint density at radius 1 is 0.906 bits per heavy atom. The van der Waals surface area contributed by atoms with Crippen molar-refractivity contribution in [1.82, 2.24) is 9.62 Å². The van der Waals surface area contributed by atoms with E-state index in [9.17, 15) is 13.2 Å². The first kappa shape index (κ1) is 25.0. The summed E-state index contributed by atoms with van der Waals surface area (Å²) in [5.74, 6) is -0.467. The molecule has 0 aliphatic carbocycles. The Morgan fingerprint density at radius 3 is 2.16 bits per heavy atom. The van der Waals surface area contributed by atoms with E-state index in [1.165, 1.54) is 24.3 Å². The van der Waals surface area contributed by atoms with E-state index in [1.807, 2.05) is 12.1 Å². The Hall–Kier alpha value is -1.61. The van der Waals surface area contributed by atoms with Gasteiger partial charge in [-0.05, 0) is 59.7 Å². The number of nitrogens with one attached hydrogen (secondary N) is 1. The van der Waals surface area contributed by atoms with E-state index in [0.29, 0.717) is 20.6 Å². The van der Waals surface area contributed by atoms with Crippen molar-refractivity contribution in [2.24, 2.45) is 0 Å². The Morgan fingerprint density at radius 2 is 1.53 bits per heavy atom. The lowest BCUT2D eigenvalue weighted by Gasteiger charge is -2.22. The fourth-order valence-electron chi connectivity index (χ4n) is 2.85. The highest BCUT2D eigenvalue weighted by Crippen LogP contribution is 2.22. The second-order valence-corrected chi connectivity index (χ2v) is 11.0. The van der Waals surface area contributed by atoms with Crippen LogP contribution in [0, 0.1) is 0 Å². The van der Waals surface area contributed by atoms with Crippen LogP contribution in [0.2, 0.25) is 15.1 Å². The average molecular weight is 577 g/mol. The Kier molecular flexibility index (Phi) is 8.61. The minimum atomic E-state index is -3.96. The summed E-state index contributed by atoms with van der Waals surface area (Å²) in [6, 6.07) is 18.0. The number of carbonyl (C=O) groups excluding carboxylic acids is 1. The number of amides is 1. The first-order chi connectivity index (χ1) is 15.1. The highest BCUT2D eigenvalue weighted by atomic mass is 79.9. The van der Waals surface area contributed by atoms with Crippen LogP contribution in [0.1, 0.15) is 11.1 Å². The number of benzene rings is 3. The number of sulfonamides is 1. The highest BCUT2D eigenvalue weighted by Gasteiger charge is 2.27. The van der Waals surface area contributed by atoms with Gasteiger partial charge >= 0.3 is 0 Å². The van der Waals surface area contributed by atoms with Gasteiger partial charge in [-0.25, -0.2) is 8.42 Å². The van der Waals surface area contributed by atoms with Crippen LogP contribution in [0.25, 0.3) is 0 Å². The monoisotopic (exact) mass is 574 g/mol. The summed E-state index contributed by atoms with van der Waals surface area (Å²) >= 11 is 21.3.